The second-order valence-electron chi connectivity index (χ2n) is 4.34. The number of nitro benzene ring substituents is 1. The number of hydrogen-bond donors (Lipinski definition) is 2. The van der Waals surface area contributed by atoms with Gasteiger partial charge in [0.15, 0.2) is 0 Å². The summed E-state index contributed by atoms with van der Waals surface area (Å²) in [6.07, 6.45) is 1.44. The largest absolute Gasteiger partial charge is 0.328 e. The van der Waals surface area contributed by atoms with Gasteiger partial charge in [-0.25, -0.2) is 4.39 Å². The predicted molar refractivity (Wildman–Crippen MR) is 69.2 cm³/mol. The molecule has 1 aromatic rings. The maximum atomic E-state index is 13.0. The third-order valence-electron chi connectivity index (χ3n) is 2.49. The van der Waals surface area contributed by atoms with Crippen LogP contribution in [0.2, 0.25) is 0 Å². The summed E-state index contributed by atoms with van der Waals surface area (Å²) in [6.45, 7) is 1.83. The van der Waals surface area contributed by atoms with Crippen molar-refractivity contribution in [2.75, 3.05) is 5.32 Å². The second-order valence-corrected chi connectivity index (χ2v) is 4.34. The first-order valence-corrected chi connectivity index (χ1v) is 5.89. The fourth-order valence-corrected chi connectivity index (χ4v) is 1.56. The van der Waals surface area contributed by atoms with E-state index in [9.17, 15) is 19.3 Å². The van der Waals surface area contributed by atoms with Crippen molar-refractivity contribution in [2.24, 2.45) is 5.73 Å². The summed E-state index contributed by atoms with van der Waals surface area (Å²) in [7, 11) is 0. The van der Waals surface area contributed by atoms with Gasteiger partial charge in [0.1, 0.15) is 11.5 Å². The van der Waals surface area contributed by atoms with Crippen LogP contribution in [0.4, 0.5) is 15.8 Å². The highest BCUT2D eigenvalue weighted by Gasteiger charge is 2.16. The Morgan fingerprint density at radius 3 is 2.84 bits per heavy atom. The molecule has 0 aliphatic heterocycles. The highest BCUT2D eigenvalue weighted by molar-refractivity contribution is 5.93. The van der Waals surface area contributed by atoms with Gasteiger partial charge in [0.25, 0.3) is 5.69 Å². The molecule has 0 aliphatic carbocycles. The van der Waals surface area contributed by atoms with E-state index < -0.39 is 16.6 Å². The van der Waals surface area contributed by atoms with Gasteiger partial charge in [-0.3, -0.25) is 14.9 Å². The van der Waals surface area contributed by atoms with Crippen LogP contribution >= 0.6 is 0 Å². The molecule has 1 amide bonds. The second kappa shape index (κ2) is 6.79. The topological polar surface area (TPSA) is 98.3 Å². The van der Waals surface area contributed by atoms with E-state index in [1.807, 2.05) is 6.92 Å². The van der Waals surface area contributed by atoms with E-state index in [-0.39, 0.29) is 23.8 Å². The fourth-order valence-electron chi connectivity index (χ4n) is 1.56. The zero-order chi connectivity index (χ0) is 14.4. The molecule has 104 valence electrons. The van der Waals surface area contributed by atoms with E-state index in [2.05, 4.69) is 5.32 Å². The number of carbonyl (C=O) groups excluding carboxylic acids is 1. The van der Waals surface area contributed by atoms with Crippen LogP contribution in [-0.4, -0.2) is 16.9 Å². The summed E-state index contributed by atoms with van der Waals surface area (Å²) >= 11 is 0. The monoisotopic (exact) mass is 269 g/mol. The first kappa shape index (κ1) is 15.0. The molecule has 0 saturated heterocycles. The molecule has 1 atom stereocenters. The predicted octanol–water partition coefficient (Wildman–Crippen LogP) is 2.19. The molecule has 1 aromatic carbocycles. The zero-order valence-electron chi connectivity index (χ0n) is 10.6. The normalized spacial score (nSPS) is 11.9. The standard InChI is InChI=1S/C12H16FN3O3/c1-8(14)3-2-4-12(17)15-10-7-9(13)5-6-11(10)16(18)19/h5-8H,2-4,14H2,1H3,(H,15,17). The van der Waals surface area contributed by atoms with Crippen LogP contribution in [0.5, 0.6) is 0 Å². The number of hydrogen-bond acceptors (Lipinski definition) is 4. The summed E-state index contributed by atoms with van der Waals surface area (Å²) in [5, 5.41) is 13.1. The van der Waals surface area contributed by atoms with Crippen LogP contribution in [0.3, 0.4) is 0 Å². The molecule has 1 rings (SSSR count). The van der Waals surface area contributed by atoms with E-state index in [0.717, 1.165) is 18.2 Å². The molecule has 0 saturated carbocycles. The maximum absolute atomic E-state index is 13.0. The Balaban J connectivity index is 2.67. The van der Waals surface area contributed by atoms with E-state index >= 15 is 0 Å². The Labute approximate surface area is 109 Å². The Kier molecular flexibility index (Phi) is 5.37. The van der Waals surface area contributed by atoms with E-state index in [0.29, 0.717) is 12.8 Å². The van der Waals surface area contributed by atoms with Crippen molar-refractivity contribution in [3.8, 4) is 0 Å². The van der Waals surface area contributed by atoms with Crippen molar-refractivity contribution in [2.45, 2.75) is 32.2 Å². The molecular weight excluding hydrogens is 253 g/mol. The van der Waals surface area contributed by atoms with E-state index in [1.54, 1.807) is 0 Å². The molecule has 0 heterocycles. The maximum Gasteiger partial charge on any atom is 0.292 e. The molecule has 7 heteroatoms. The van der Waals surface area contributed by atoms with Gasteiger partial charge in [-0.2, -0.15) is 0 Å². The third kappa shape index (κ3) is 5.01. The summed E-state index contributed by atoms with van der Waals surface area (Å²) in [5.74, 6) is -1.04. The van der Waals surface area contributed by atoms with Crippen LogP contribution in [0.15, 0.2) is 18.2 Å². The number of nitrogens with zero attached hydrogens (tertiary/aromatic N) is 1. The number of nitrogens with two attached hydrogens (primary N) is 1. The van der Waals surface area contributed by atoms with Crippen molar-refractivity contribution >= 4 is 17.3 Å². The van der Waals surface area contributed by atoms with Crippen molar-refractivity contribution in [3.05, 3.63) is 34.1 Å². The van der Waals surface area contributed by atoms with Gasteiger partial charge in [-0.15, -0.1) is 0 Å². The Bertz CT molecular complexity index is 477. The molecule has 0 spiro atoms. The summed E-state index contributed by atoms with van der Waals surface area (Å²) in [6, 6.07) is 2.93. The van der Waals surface area contributed by atoms with E-state index in [4.69, 9.17) is 5.73 Å². The van der Waals surface area contributed by atoms with Gasteiger partial charge in [0.2, 0.25) is 5.91 Å². The van der Waals surface area contributed by atoms with Crippen LogP contribution in [0, 0.1) is 15.9 Å². The van der Waals surface area contributed by atoms with Crippen molar-refractivity contribution in [1.29, 1.82) is 0 Å². The average Bonchev–Trinajstić information content (AvgIpc) is 2.27. The molecule has 0 bridgehead atoms. The SMILES string of the molecule is CC(N)CCCC(=O)Nc1cc(F)ccc1[N+](=O)[O-]. The summed E-state index contributed by atoms with van der Waals surface area (Å²) < 4.78 is 13.0. The van der Waals surface area contributed by atoms with E-state index in [1.165, 1.54) is 0 Å². The lowest BCUT2D eigenvalue weighted by Gasteiger charge is -2.07. The quantitative estimate of drug-likeness (QED) is 0.610. The highest BCUT2D eigenvalue weighted by Crippen LogP contribution is 2.25. The lowest BCUT2D eigenvalue weighted by Crippen LogP contribution is -2.17. The molecule has 3 N–H and O–H groups in total. The lowest BCUT2D eigenvalue weighted by molar-refractivity contribution is -0.384. The Morgan fingerprint density at radius 2 is 2.26 bits per heavy atom. The fraction of sp³-hybridized carbons (Fsp3) is 0.417. The number of nitro groups is 1. The van der Waals surface area contributed by atoms with Crippen LogP contribution < -0.4 is 11.1 Å². The van der Waals surface area contributed by atoms with Crippen LogP contribution in [0.1, 0.15) is 26.2 Å². The molecule has 0 aliphatic rings. The number of benzene rings is 1. The number of anilines is 1. The van der Waals surface area contributed by atoms with Gasteiger partial charge < -0.3 is 11.1 Å². The number of rotatable bonds is 6. The number of nitrogens with one attached hydrogen (secondary N) is 1. The summed E-state index contributed by atoms with van der Waals surface area (Å²) in [5.41, 5.74) is 5.08. The molecule has 6 nitrogen and oxygen atoms in total. The van der Waals surface area contributed by atoms with Crippen molar-refractivity contribution in [3.63, 3.8) is 0 Å². The third-order valence-corrected chi connectivity index (χ3v) is 2.49. The molecule has 19 heavy (non-hydrogen) atoms. The molecular formula is C12H16FN3O3. The highest BCUT2D eigenvalue weighted by atomic mass is 19.1. The molecule has 0 radical (unpaired) electrons. The first-order valence-electron chi connectivity index (χ1n) is 5.89. The minimum atomic E-state index is -0.670. The van der Waals surface area contributed by atoms with Gasteiger partial charge in [-0.05, 0) is 25.8 Å². The number of carbonyl (C=O) groups is 1. The minimum absolute atomic E-state index is 0.00342. The van der Waals surface area contributed by atoms with Crippen molar-refractivity contribution in [1.82, 2.24) is 0 Å². The zero-order valence-corrected chi connectivity index (χ0v) is 10.6. The number of halogens is 1. The van der Waals surface area contributed by atoms with Gasteiger partial charge in [0.05, 0.1) is 4.92 Å². The molecule has 1 unspecified atom stereocenters. The van der Waals surface area contributed by atoms with Crippen molar-refractivity contribution < 1.29 is 14.1 Å². The van der Waals surface area contributed by atoms with Gasteiger partial charge >= 0.3 is 0 Å². The Morgan fingerprint density at radius 1 is 1.58 bits per heavy atom. The molecule has 0 aromatic heterocycles. The average molecular weight is 269 g/mol. The smallest absolute Gasteiger partial charge is 0.292 e. The lowest BCUT2D eigenvalue weighted by atomic mass is 10.1. The van der Waals surface area contributed by atoms with Crippen LogP contribution in [0.25, 0.3) is 0 Å². The Hall–Kier alpha value is -2.02. The van der Waals surface area contributed by atoms with Gasteiger partial charge in [0, 0.05) is 24.6 Å². The van der Waals surface area contributed by atoms with Gasteiger partial charge in [-0.1, -0.05) is 0 Å². The number of amides is 1. The van der Waals surface area contributed by atoms with Crippen LogP contribution in [-0.2, 0) is 4.79 Å². The molecule has 0 fully saturated rings. The minimum Gasteiger partial charge on any atom is -0.328 e. The summed E-state index contributed by atoms with van der Waals surface area (Å²) in [4.78, 5) is 21.6. The first-order chi connectivity index (χ1) is 8.90.